The Morgan fingerprint density at radius 1 is 1.53 bits per heavy atom. The third kappa shape index (κ3) is 4.59. The van der Waals surface area contributed by atoms with Crippen molar-refractivity contribution in [3.63, 3.8) is 0 Å². The molecular weight excluding hydrogens is 269 g/mol. The number of halogens is 2. The van der Waals surface area contributed by atoms with Crippen LogP contribution in [-0.2, 0) is 0 Å². The van der Waals surface area contributed by atoms with E-state index in [1.807, 2.05) is 13.8 Å². The Bertz CT molecular complexity index is 463. The van der Waals surface area contributed by atoms with Crippen LogP contribution in [0.4, 0.5) is 10.1 Å². The van der Waals surface area contributed by atoms with Gasteiger partial charge in [0.15, 0.2) is 0 Å². The molecule has 0 atom stereocenters. The van der Waals surface area contributed by atoms with Crippen molar-refractivity contribution in [2.75, 3.05) is 11.9 Å². The van der Waals surface area contributed by atoms with Crippen LogP contribution in [0.1, 0.15) is 26.7 Å². The molecule has 0 aliphatic rings. The van der Waals surface area contributed by atoms with Gasteiger partial charge in [-0.15, -0.1) is 0 Å². The van der Waals surface area contributed by atoms with Crippen molar-refractivity contribution >= 4 is 23.1 Å². The first-order valence-corrected chi connectivity index (χ1v) is 6.41. The number of nitrogens with two attached hydrogens (primary N) is 1. The summed E-state index contributed by atoms with van der Waals surface area (Å²) in [7, 11) is 0. The van der Waals surface area contributed by atoms with Gasteiger partial charge in [0.2, 0.25) is 0 Å². The molecule has 0 saturated carbocycles. The van der Waals surface area contributed by atoms with Crippen LogP contribution in [0.2, 0.25) is 5.02 Å². The molecule has 0 bridgehead atoms. The van der Waals surface area contributed by atoms with Gasteiger partial charge in [-0.25, -0.2) is 4.39 Å². The van der Waals surface area contributed by atoms with Gasteiger partial charge in [0.1, 0.15) is 11.7 Å². The summed E-state index contributed by atoms with van der Waals surface area (Å²) in [5, 5.41) is 14.9. The number of amidine groups is 1. The van der Waals surface area contributed by atoms with Crippen molar-refractivity contribution in [2.24, 2.45) is 16.3 Å². The van der Waals surface area contributed by atoms with E-state index in [2.05, 4.69) is 10.5 Å². The molecule has 1 aromatic rings. The molecule has 4 nitrogen and oxygen atoms in total. The maximum atomic E-state index is 13.2. The minimum atomic E-state index is -0.441. The normalized spacial score (nSPS) is 12.5. The van der Waals surface area contributed by atoms with Gasteiger partial charge in [0.25, 0.3) is 0 Å². The van der Waals surface area contributed by atoms with Gasteiger partial charge in [0, 0.05) is 17.6 Å². The van der Waals surface area contributed by atoms with Gasteiger partial charge in [-0.05, 0) is 31.0 Å². The number of hydrogen-bond acceptors (Lipinski definition) is 3. The lowest BCUT2D eigenvalue weighted by atomic mass is 9.86. The van der Waals surface area contributed by atoms with Crippen molar-refractivity contribution in [3.05, 3.63) is 29.0 Å². The molecule has 0 radical (unpaired) electrons. The van der Waals surface area contributed by atoms with Crippen LogP contribution < -0.4 is 11.1 Å². The van der Waals surface area contributed by atoms with Crippen LogP contribution >= 0.6 is 11.6 Å². The first kappa shape index (κ1) is 15.6. The van der Waals surface area contributed by atoms with E-state index in [9.17, 15) is 4.39 Å². The van der Waals surface area contributed by atoms with Gasteiger partial charge < -0.3 is 16.3 Å². The third-order valence-corrected chi connectivity index (χ3v) is 3.33. The number of anilines is 1. The maximum absolute atomic E-state index is 13.2. The molecule has 0 fully saturated rings. The fourth-order valence-electron chi connectivity index (χ4n) is 1.63. The average Bonchev–Trinajstić information content (AvgIpc) is 2.37. The van der Waals surface area contributed by atoms with Crippen LogP contribution in [0.25, 0.3) is 0 Å². The van der Waals surface area contributed by atoms with Gasteiger partial charge in [-0.3, -0.25) is 0 Å². The highest BCUT2D eigenvalue weighted by Gasteiger charge is 2.22. The van der Waals surface area contributed by atoms with Crippen LogP contribution in [0.3, 0.4) is 0 Å². The molecule has 1 aromatic carbocycles. The maximum Gasteiger partial charge on any atom is 0.144 e. The summed E-state index contributed by atoms with van der Waals surface area (Å²) in [6.07, 6.45) is 1.57. The number of nitrogens with one attached hydrogen (secondary N) is 1. The summed E-state index contributed by atoms with van der Waals surface area (Å²) in [4.78, 5) is 0. The fourth-order valence-corrected chi connectivity index (χ4v) is 1.75. The lowest BCUT2D eigenvalue weighted by Crippen LogP contribution is -2.32. The Morgan fingerprint density at radius 3 is 2.79 bits per heavy atom. The van der Waals surface area contributed by atoms with Crippen LogP contribution in [0.5, 0.6) is 0 Å². The minimum Gasteiger partial charge on any atom is -0.409 e. The van der Waals surface area contributed by atoms with E-state index in [0.717, 1.165) is 12.8 Å². The van der Waals surface area contributed by atoms with Crippen LogP contribution in [-0.4, -0.2) is 17.6 Å². The fraction of sp³-hybridized carbons (Fsp3) is 0.462. The first-order chi connectivity index (χ1) is 8.86. The zero-order valence-electron chi connectivity index (χ0n) is 11.1. The van der Waals surface area contributed by atoms with E-state index < -0.39 is 5.82 Å². The van der Waals surface area contributed by atoms with Crippen molar-refractivity contribution in [1.82, 2.24) is 0 Å². The number of nitrogens with zero attached hydrogens (tertiary/aromatic N) is 1. The highest BCUT2D eigenvalue weighted by Crippen LogP contribution is 2.23. The summed E-state index contributed by atoms with van der Waals surface area (Å²) >= 11 is 5.60. The van der Waals surface area contributed by atoms with Crippen molar-refractivity contribution < 1.29 is 9.60 Å². The molecule has 0 spiro atoms. The molecular formula is C13H19ClFN3O. The zero-order chi connectivity index (χ0) is 14.5. The predicted octanol–water partition coefficient (Wildman–Crippen LogP) is 3.44. The molecule has 1 rings (SSSR count). The van der Waals surface area contributed by atoms with Gasteiger partial charge in [-0.1, -0.05) is 30.6 Å². The summed E-state index contributed by atoms with van der Waals surface area (Å²) in [5.74, 6) is -0.228. The van der Waals surface area contributed by atoms with E-state index in [0.29, 0.717) is 12.2 Å². The molecule has 0 saturated heterocycles. The monoisotopic (exact) mass is 287 g/mol. The first-order valence-electron chi connectivity index (χ1n) is 6.04. The molecule has 19 heavy (non-hydrogen) atoms. The summed E-state index contributed by atoms with van der Waals surface area (Å²) in [5.41, 5.74) is 5.92. The number of hydrogen-bond donors (Lipinski definition) is 3. The molecule has 0 aromatic heterocycles. The van der Waals surface area contributed by atoms with Crippen molar-refractivity contribution in [1.29, 1.82) is 0 Å². The predicted molar refractivity (Wildman–Crippen MR) is 76.3 cm³/mol. The molecule has 106 valence electrons. The van der Waals surface area contributed by atoms with E-state index in [-0.39, 0.29) is 16.3 Å². The van der Waals surface area contributed by atoms with Crippen molar-refractivity contribution in [3.8, 4) is 0 Å². The molecule has 0 amide bonds. The SMILES string of the molecule is CC(C)(CCCNc1ccc(Cl)c(F)c1)C(N)=NO. The summed E-state index contributed by atoms with van der Waals surface area (Å²) in [6, 6.07) is 4.59. The molecule has 0 heterocycles. The quantitative estimate of drug-likeness (QED) is 0.247. The Kier molecular flexibility index (Phi) is 5.42. The number of rotatable bonds is 6. The van der Waals surface area contributed by atoms with E-state index >= 15 is 0 Å². The van der Waals surface area contributed by atoms with Crippen LogP contribution in [0, 0.1) is 11.2 Å². The highest BCUT2D eigenvalue weighted by molar-refractivity contribution is 6.30. The second kappa shape index (κ2) is 6.61. The average molecular weight is 288 g/mol. The second-order valence-electron chi connectivity index (χ2n) is 5.03. The van der Waals surface area contributed by atoms with E-state index in [1.165, 1.54) is 12.1 Å². The Hall–Kier alpha value is -1.49. The molecule has 6 heteroatoms. The standard InChI is InChI=1S/C13H19ClFN3O/c1-13(2,12(16)18-19)6-3-7-17-9-4-5-10(14)11(15)8-9/h4-5,8,17,19H,3,6-7H2,1-2H3,(H2,16,18). The van der Waals surface area contributed by atoms with Gasteiger partial charge >= 0.3 is 0 Å². The van der Waals surface area contributed by atoms with Crippen LogP contribution in [0.15, 0.2) is 23.4 Å². The molecule has 0 unspecified atom stereocenters. The topological polar surface area (TPSA) is 70.6 Å². The van der Waals surface area contributed by atoms with E-state index in [4.69, 9.17) is 22.5 Å². The Morgan fingerprint density at radius 2 is 2.21 bits per heavy atom. The second-order valence-corrected chi connectivity index (χ2v) is 5.44. The molecule has 0 aliphatic carbocycles. The Balaban J connectivity index is 2.41. The minimum absolute atomic E-state index is 0.110. The highest BCUT2D eigenvalue weighted by atomic mass is 35.5. The molecule has 0 aliphatic heterocycles. The number of oxime groups is 1. The Labute approximate surface area is 117 Å². The third-order valence-electron chi connectivity index (χ3n) is 3.03. The molecule has 4 N–H and O–H groups in total. The number of benzene rings is 1. The summed E-state index contributed by atoms with van der Waals surface area (Å²) < 4.78 is 13.2. The lowest BCUT2D eigenvalue weighted by molar-refractivity contribution is 0.305. The van der Waals surface area contributed by atoms with E-state index in [1.54, 1.807) is 6.07 Å². The largest absolute Gasteiger partial charge is 0.409 e. The van der Waals surface area contributed by atoms with Gasteiger partial charge in [-0.2, -0.15) is 0 Å². The smallest absolute Gasteiger partial charge is 0.144 e. The van der Waals surface area contributed by atoms with Crippen molar-refractivity contribution in [2.45, 2.75) is 26.7 Å². The summed E-state index contributed by atoms with van der Waals surface area (Å²) in [6.45, 7) is 4.48. The van der Waals surface area contributed by atoms with Gasteiger partial charge in [0.05, 0.1) is 5.02 Å². The lowest BCUT2D eigenvalue weighted by Gasteiger charge is -2.22. The zero-order valence-corrected chi connectivity index (χ0v) is 11.8.